The van der Waals surface area contributed by atoms with Crippen molar-refractivity contribution in [3.05, 3.63) is 46.4 Å². The largest absolute Gasteiger partial charge is 0.387 e. The van der Waals surface area contributed by atoms with Crippen molar-refractivity contribution in [1.29, 1.82) is 0 Å². The van der Waals surface area contributed by atoms with Crippen LogP contribution >= 0.6 is 11.3 Å². The van der Waals surface area contributed by atoms with Crippen molar-refractivity contribution in [3.8, 4) is 0 Å². The minimum absolute atomic E-state index is 0.457. The Kier molecular flexibility index (Phi) is 4.93. The Labute approximate surface area is 118 Å². The maximum absolute atomic E-state index is 9.75. The van der Waals surface area contributed by atoms with Crippen molar-refractivity contribution in [3.63, 3.8) is 0 Å². The average molecular weight is 276 g/mol. The molecule has 4 heteroatoms. The lowest BCUT2D eigenvalue weighted by atomic mass is 10.2. The monoisotopic (exact) mass is 276 g/mol. The lowest BCUT2D eigenvalue weighted by Crippen LogP contribution is -2.21. The number of hydrogen-bond donors (Lipinski definition) is 1. The number of aromatic nitrogens is 1. The third kappa shape index (κ3) is 3.55. The number of thiophene rings is 1. The number of nitrogens with zero attached hydrogens (tertiary/aromatic N) is 2. The van der Waals surface area contributed by atoms with Crippen molar-refractivity contribution in [1.82, 2.24) is 4.98 Å². The minimum atomic E-state index is -0.457. The highest BCUT2D eigenvalue weighted by Crippen LogP contribution is 2.21. The molecule has 102 valence electrons. The standard InChI is InChI=1S/C15H20N2OS/c1-3-15(18)14-8-7-12(10-16-14)17(4-2)11-13-6-5-9-19-13/h5-10,15,18H,3-4,11H2,1-2H3. The highest BCUT2D eigenvalue weighted by molar-refractivity contribution is 7.09. The van der Waals surface area contributed by atoms with Crippen LogP contribution in [-0.4, -0.2) is 16.6 Å². The van der Waals surface area contributed by atoms with E-state index in [-0.39, 0.29) is 0 Å². The Morgan fingerprint density at radius 3 is 2.68 bits per heavy atom. The summed E-state index contributed by atoms with van der Waals surface area (Å²) >= 11 is 1.77. The topological polar surface area (TPSA) is 36.4 Å². The first-order valence-corrected chi connectivity index (χ1v) is 7.53. The first-order valence-electron chi connectivity index (χ1n) is 6.66. The summed E-state index contributed by atoms with van der Waals surface area (Å²) < 4.78 is 0. The zero-order valence-electron chi connectivity index (χ0n) is 11.4. The number of pyridine rings is 1. The molecule has 0 bridgehead atoms. The summed E-state index contributed by atoms with van der Waals surface area (Å²) in [4.78, 5) is 7.98. The van der Waals surface area contributed by atoms with Gasteiger partial charge in [-0.05, 0) is 36.9 Å². The van der Waals surface area contributed by atoms with Crippen LogP contribution < -0.4 is 4.90 Å². The molecule has 0 amide bonds. The Hall–Kier alpha value is -1.39. The molecule has 19 heavy (non-hydrogen) atoms. The Bertz CT molecular complexity index is 481. The molecule has 2 rings (SSSR count). The van der Waals surface area contributed by atoms with Gasteiger partial charge in [0.1, 0.15) is 0 Å². The van der Waals surface area contributed by atoms with Gasteiger partial charge < -0.3 is 10.0 Å². The van der Waals surface area contributed by atoms with Gasteiger partial charge in [-0.2, -0.15) is 0 Å². The summed E-state index contributed by atoms with van der Waals surface area (Å²) in [7, 11) is 0. The van der Waals surface area contributed by atoms with E-state index in [0.29, 0.717) is 6.42 Å². The molecule has 0 aromatic carbocycles. The molecule has 0 aliphatic heterocycles. The summed E-state index contributed by atoms with van der Waals surface area (Å²) in [5.74, 6) is 0. The lowest BCUT2D eigenvalue weighted by Gasteiger charge is -2.22. The second-order valence-corrected chi connectivity index (χ2v) is 5.49. The molecule has 0 fully saturated rings. The molecular weight excluding hydrogens is 256 g/mol. The van der Waals surface area contributed by atoms with Crippen molar-refractivity contribution in [2.75, 3.05) is 11.4 Å². The fourth-order valence-electron chi connectivity index (χ4n) is 1.97. The van der Waals surface area contributed by atoms with E-state index in [2.05, 4.69) is 34.3 Å². The zero-order valence-corrected chi connectivity index (χ0v) is 12.2. The van der Waals surface area contributed by atoms with E-state index in [1.807, 2.05) is 25.3 Å². The molecular formula is C15H20N2OS. The molecule has 0 aliphatic carbocycles. The second kappa shape index (κ2) is 6.68. The van der Waals surface area contributed by atoms with Crippen LogP contribution in [0.1, 0.15) is 36.9 Å². The number of rotatable bonds is 6. The molecule has 2 aromatic heterocycles. The smallest absolute Gasteiger partial charge is 0.0957 e. The van der Waals surface area contributed by atoms with Crippen LogP contribution in [0.15, 0.2) is 35.8 Å². The predicted molar refractivity (Wildman–Crippen MR) is 80.5 cm³/mol. The highest BCUT2D eigenvalue weighted by Gasteiger charge is 2.09. The third-order valence-electron chi connectivity index (χ3n) is 3.17. The fourth-order valence-corrected chi connectivity index (χ4v) is 2.69. The number of aliphatic hydroxyl groups excluding tert-OH is 1. The number of hydrogen-bond acceptors (Lipinski definition) is 4. The lowest BCUT2D eigenvalue weighted by molar-refractivity contribution is 0.169. The fraction of sp³-hybridized carbons (Fsp3) is 0.400. The van der Waals surface area contributed by atoms with Gasteiger partial charge in [-0.3, -0.25) is 4.98 Å². The number of aliphatic hydroxyl groups is 1. The molecule has 2 heterocycles. The average Bonchev–Trinajstić information content (AvgIpc) is 2.97. The number of anilines is 1. The molecule has 0 saturated carbocycles. The maximum Gasteiger partial charge on any atom is 0.0957 e. The van der Waals surface area contributed by atoms with Crippen molar-refractivity contribution < 1.29 is 5.11 Å². The first-order chi connectivity index (χ1) is 9.24. The Morgan fingerprint density at radius 2 is 2.16 bits per heavy atom. The van der Waals surface area contributed by atoms with Crippen molar-refractivity contribution in [2.45, 2.75) is 32.9 Å². The summed E-state index contributed by atoms with van der Waals surface area (Å²) in [6.07, 6.45) is 2.09. The molecule has 0 spiro atoms. The van der Waals surface area contributed by atoms with Gasteiger partial charge in [0, 0.05) is 11.4 Å². The van der Waals surface area contributed by atoms with E-state index >= 15 is 0 Å². The van der Waals surface area contributed by atoms with Gasteiger partial charge in [-0.15, -0.1) is 11.3 Å². The Balaban J connectivity index is 2.10. The summed E-state index contributed by atoms with van der Waals surface area (Å²) in [6.45, 7) is 5.94. The molecule has 2 aromatic rings. The molecule has 0 radical (unpaired) electrons. The molecule has 3 nitrogen and oxygen atoms in total. The van der Waals surface area contributed by atoms with Gasteiger partial charge >= 0.3 is 0 Å². The first kappa shape index (κ1) is 14.0. The normalized spacial score (nSPS) is 12.4. The van der Waals surface area contributed by atoms with E-state index in [0.717, 1.165) is 24.5 Å². The highest BCUT2D eigenvalue weighted by atomic mass is 32.1. The van der Waals surface area contributed by atoms with Crippen LogP contribution in [0.5, 0.6) is 0 Å². The molecule has 0 saturated heterocycles. The summed E-state index contributed by atoms with van der Waals surface area (Å²) in [5, 5.41) is 11.8. The van der Waals surface area contributed by atoms with Gasteiger partial charge in [0.05, 0.1) is 30.2 Å². The third-order valence-corrected chi connectivity index (χ3v) is 4.03. The van der Waals surface area contributed by atoms with Gasteiger partial charge in [0.25, 0.3) is 0 Å². The van der Waals surface area contributed by atoms with Crippen molar-refractivity contribution in [2.24, 2.45) is 0 Å². The molecule has 0 aliphatic rings. The molecule has 1 atom stereocenters. The quantitative estimate of drug-likeness (QED) is 0.875. The van der Waals surface area contributed by atoms with E-state index in [1.54, 1.807) is 11.3 Å². The predicted octanol–water partition coefficient (Wildman–Crippen LogP) is 3.61. The van der Waals surface area contributed by atoms with E-state index < -0.39 is 6.10 Å². The Morgan fingerprint density at radius 1 is 1.32 bits per heavy atom. The molecule has 1 N–H and O–H groups in total. The van der Waals surface area contributed by atoms with E-state index in [9.17, 15) is 5.11 Å². The van der Waals surface area contributed by atoms with Crippen LogP contribution in [-0.2, 0) is 6.54 Å². The molecule has 1 unspecified atom stereocenters. The zero-order chi connectivity index (χ0) is 13.7. The summed E-state index contributed by atoms with van der Waals surface area (Å²) in [6, 6.07) is 8.18. The summed E-state index contributed by atoms with van der Waals surface area (Å²) in [5.41, 5.74) is 1.85. The van der Waals surface area contributed by atoms with E-state index in [1.165, 1.54) is 4.88 Å². The van der Waals surface area contributed by atoms with Crippen LogP contribution in [0, 0.1) is 0 Å². The van der Waals surface area contributed by atoms with Gasteiger partial charge in [0.2, 0.25) is 0 Å². The van der Waals surface area contributed by atoms with Gasteiger partial charge in [-0.25, -0.2) is 0 Å². The van der Waals surface area contributed by atoms with Crippen LogP contribution in [0.2, 0.25) is 0 Å². The van der Waals surface area contributed by atoms with Gasteiger partial charge in [0.15, 0.2) is 0 Å². The van der Waals surface area contributed by atoms with E-state index in [4.69, 9.17) is 0 Å². The second-order valence-electron chi connectivity index (χ2n) is 4.46. The maximum atomic E-state index is 9.75. The van der Waals surface area contributed by atoms with Crippen LogP contribution in [0.4, 0.5) is 5.69 Å². The van der Waals surface area contributed by atoms with Crippen LogP contribution in [0.3, 0.4) is 0 Å². The van der Waals surface area contributed by atoms with Gasteiger partial charge in [-0.1, -0.05) is 13.0 Å². The minimum Gasteiger partial charge on any atom is -0.387 e. The van der Waals surface area contributed by atoms with Crippen molar-refractivity contribution >= 4 is 17.0 Å². The SMILES string of the molecule is CCC(O)c1ccc(N(CC)Cc2cccs2)cn1. The van der Waals surface area contributed by atoms with Crippen LogP contribution in [0.25, 0.3) is 0 Å².